The van der Waals surface area contributed by atoms with E-state index in [4.69, 9.17) is 9.47 Å². The number of nitrogens with zero attached hydrogens (tertiary/aromatic N) is 3. The van der Waals surface area contributed by atoms with E-state index in [1.807, 2.05) is 23.6 Å². The Bertz CT molecular complexity index is 1100. The van der Waals surface area contributed by atoms with E-state index in [0.717, 1.165) is 19.3 Å². The molecule has 1 aliphatic rings. The summed E-state index contributed by atoms with van der Waals surface area (Å²) in [6, 6.07) is 13.0. The Morgan fingerprint density at radius 1 is 1.21 bits per heavy atom. The second kappa shape index (κ2) is 10.4. The van der Waals surface area contributed by atoms with Gasteiger partial charge in [-0.15, -0.1) is 11.3 Å². The number of amides is 1. The van der Waals surface area contributed by atoms with Crippen LogP contribution in [0, 0.1) is 16.0 Å². The molecular weight excluding hydrogens is 442 g/mol. The zero-order chi connectivity index (χ0) is 23.2. The van der Waals surface area contributed by atoms with Gasteiger partial charge in [0, 0.05) is 24.5 Å². The Morgan fingerprint density at radius 3 is 2.61 bits per heavy atom. The molecule has 0 saturated carbocycles. The van der Waals surface area contributed by atoms with Gasteiger partial charge in [0.2, 0.25) is 0 Å². The molecule has 33 heavy (non-hydrogen) atoms. The van der Waals surface area contributed by atoms with Crippen molar-refractivity contribution in [1.82, 2.24) is 9.88 Å². The normalized spacial score (nSPS) is 14.2. The number of carbonyl (C=O) groups excluding carboxylic acids is 1. The number of nitro benzene ring substituents is 1. The number of aromatic nitrogens is 1. The molecule has 0 N–H and O–H groups in total. The van der Waals surface area contributed by atoms with Gasteiger partial charge < -0.3 is 14.4 Å². The van der Waals surface area contributed by atoms with Gasteiger partial charge in [-0.25, -0.2) is 4.98 Å². The lowest BCUT2D eigenvalue weighted by molar-refractivity contribution is -0.385. The van der Waals surface area contributed by atoms with Crippen LogP contribution in [0.5, 0.6) is 11.5 Å². The summed E-state index contributed by atoms with van der Waals surface area (Å²) >= 11 is 1.43. The fraction of sp³-hybridized carbons (Fsp3) is 0.333. The van der Waals surface area contributed by atoms with E-state index in [0.29, 0.717) is 24.7 Å². The molecule has 4 rings (SSSR count). The maximum atomic E-state index is 13.2. The van der Waals surface area contributed by atoms with Crippen LogP contribution in [-0.2, 0) is 13.0 Å². The Hall–Kier alpha value is -3.46. The average Bonchev–Trinajstić information content (AvgIpc) is 3.36. The fourth-order valence-corrected chi connectivity index (χ4v) is 4.61. The van der Waals surface area contributed by atoms with Crippen LogP contribution in [0.25, 0.3) is 0 Å². The van der Waals surface area contributed by atoms with Crippen LogP contribution in [0.1, 0.15) is 34.5 Å². The number of rotatable bonds is 8. The zero-order valence-corrected chi connectivity index (χ0v) is 19.1. The highest BCUT2D eigenvalue weighted by Crippen LogP contribution is 2.36. The maximum Gasteiger partial charge on any atom is 0.286 e. The number of thiazole rings is 1. The van der Waals surface area contributed by atoms with Gasteiger partial charge in [-0.2, -0.15) is 0 Å². The lowest BCUT2D eigenvalue weighted by atomic mass is 9.90. The van der Waals surface area contributed by atoms with Crippen LogP contribution in [0.15, 0.2) is 53.4 Å². The summed E-state index contributed by atoms with van der Waals surface area (Å²) in [6.45, 7) is 1.29. The second-order valence-electron chi connectivity index (χ2n) is 7.97. The highest BCUT2D eigenvalue weighted by Gasteiger charge is 2.30. The monoisotopic (exact) mass is 467 g/mol. The molecule has 1 fully saturated rings. The predicted molar refractivity (Wildman–Crippen MR) is 125 cm³/mol. The summed E-state index contributed by atoms with van der Waals surface area (Å²) < 4.78 is 11.1. The minimum absolute atomic E-state index is 0.0133. The van der Waals surface area contributed by atoms with Crippen LogP contribution in [0.4, 0.5) is 5.69 Å². The molecule has 2 aromatic carbocycles. The fourth-order valence-electron chi connectivity index (χ4n) is 4.06. The van der Waals surface area contributed by atoms with Crippen LogP contribution < -0.4 is 9.47 Å². The molecule has 0 radical (unpaired) electrons. The van der Waals surface area contributed by atoms with Crippen molar-refractivity contribution in [3.63, 3.8) is 0 Å². The average molecular weight is 468 g/mol. The number of piperidine rings is 1. The van der Waals surface area contributed by atoms with Crippen molar-refractivity contribution in [2.75, 3.05) is 20.2 Å². The quantitative estimate of drug-likeness (QED) is 0.351. The number of hydrogen-bond donors (Lipinski definition) is 0. The van der Waals surface area contributed by atoms with Gasteiger partial charge in [-0.1, -0.05) is 30.3 Å². The number of ether oxygens (including phenoxy) is 2. The SMILES string of the molecule is COc1cc(C(=O)N2CCC(Cc3ccccc3)CC2)c([N+](=O)[O-])cc1OCc1cscn1. The third-order valence-electron chi connectivity index (χ3n) is 5.84. The van der Waals surface area contributed by atoms with E-state index in [2.05, 4.69) is 17.1 Å². The largest absolute Gasteiger partial charge is 0.493 e. The number of methoxy groups -OCH3 is 1. The van der Waals surface area contributed by atoms with E-state index in [1.165, 1.54) is 36.1 Å². The summed E-state index contributed by atoms with van der Waals surface area (Å²) in [5.41, 5.74) is 3.40. The van der Waals surface area contributed by atoms with Crippen LogP contribution in [-0.4, -0.2) is 40.9 Å². The Morgan fingerprint density at radius 2 is 1.97 bits per heavy atom. The van der Waals surface area contributed by atoms with Crippen molar-refractivity contribution in [3.8, 4) is 11.5 Å². The van der Waals surface area contributed by atoms with Gasteiger partial charge in [0.05, 0.1) is 29.3 Å². The molecule has 3 aromatic rings. The Labute approximate surface area is 195 Å². The molecule has 0 unspecified atom stereocenters. The first-order valence-corrected chi connectivity index (χ1v) is 11.7. The van der Waals surface area contributed by atoms with E-state index in [9.17, 15) is 14.9 Å². The summed E-state index contributed by atoms with van der Waals surface area (Å²) in [6.07, 6.45) is 2.70. The van der Waals surface area contributed by atoms with E-state index in [-0.39, 0.29) is 35.3 Å². The molecule has 0 aliphatic carbocycles. The first-order chi connectivity index (χ1) is 16.0. The molecular formula is C24H25N3O5S. The Kier molecular flexibility index (Phi) is 7.19. The van der Waals surface area contributed by atoms with Crippen molar-refractivity contribution in [2.45, 2.75) is 25.9 Å². The van der Waals surface area contributed by atoms with E-state index in [1.54, 1.807) is 10.4 Å². The number of hydrogen-bond acceptors (Lipinski definition) is 7. The van der Waals surface area contributed by atoms with Gasteiger partial charge in [0.15, 0.2) is 11.5 Å². The van der Waals surface area contributed by atoms with Gasteiger partial charge in [-0.05, 0) is 30.7 Å². The second-order valence-corrected chi connectivity index (χ2v) is 8.69. The predicted octanol–water partition coefficient (Wildman–Crippen LogP) is 4.73. The lowest BCUT2D eigenvalue weighted by Gasteiger charge is -2.32. The molecule has 1 aromatic heterocycles. The van der Waals surface area contributed by atoms with Crippen molar-refractivity contribution in [3.05, 3.63) is 80.3 Å². The molecule has 1 amide bonds. The van der Waals surface area contributed by atoms with Crippen LogP contribution in [0.2, 0.25) is 0 Å². The summed E-state index contributed by atoms with van der Waals surface area (Å²) in [7, 11) is 1.44. The van der Waals surface area contributed by atoms with Crippen molar-refractivity contribution < 1.29 is 19.2 Å². The zero-order valence-electron chi connectivity index (χ0n) is 18.3. The number of carbonyl (C=O) groups is 1. The minimum atomic E-state index is -0.551. The maximum absolute atomic E-state index is 13.2. The molecule has 0 atom stereocenters. The highest BCUT2D eigenvalue weighted by atomic mass is 32.1. The first kappa shape index (κ1) is 22.7. The molecule has 8 nitrogen and oxygen atoms in total. The van der Waals surface area contributed by atoms with Crippen molar-refractivity contribution in [1.29, 1.82) is 0 Å². The smallest absolute Gasteiger partial charge is 0.286 e. The van der Waals surface area contributed by atoms with Gasteiger partial charge in [0.25, 0.3) is 11.6 Å². The minimum Gasteiger partial charge on any atom is -0.493 e. The first-order valence-electron chi connectivity index (χ1n) is 10.7. The van der Waals surface area contributed by atoms with Crippen molar-refractivity contribution >= 4 is 22.9 Å². The number of nitro groups is 1. The third-order valence-corrected chi connectivity index (χ3v) is 6.47. The molecule has 1 aliphatic heterocycles. The van der Waals surface area contributed by atoms with Gasteiger partial charge >= 0.3 is 0 Å². The van der Waals surface area contributed by atoms with Gasteiger partial charge in [0.1, 0.15) is 12.2 Å². The molecule has 2 heterocycles. The topological polar surface area (TPSA) is 94.8 Å². The molecule has 172 valence electrons. The van der Waals surface area contributed by atoms with Crippen LogP contribution in [0.3, 0.4) is 0 Å². The summed E-state index contributed by atoms with van der Waals surface area (Å²) in [5, 5.41) is 13.6. The summed E-state index contributed by atoms with van der Waals surface area (Å²) in [5.74, 6) is 0.611. The Balaban J connectivity index is 1.47. The number of likely N-dealkylation sites (tertiary alicyclic amines) is 1. The lowest BCUT2D eigenvalue weighted by Crippen LogP contribution is -2.39. The van der Waals surface area contributed by atoms with Gasteiger partial charge in [-0.3, -0.25) is 14.9 Å². The van der Waals surface area contributed by atoms with Crippen molar-refractivity contribution in [2.24, 2.45) is 5.92 Å². The molecule has 9 heteroatoms. The third kappa shape index (κ3) is 5.48. The number of benzene rings is 2. The standard InChI is InChI=1S/C24H25N3O5S/c1-31-22-12-20(21(27(29)30)13-23(22)32-14-19-15-33-16-25-19)24(28)26-9-7-18(8-10-26)11-17-5-3-2-4-6-17/h2-6,12-13,15-16,18H,7-11,14H2,1H3. The van der Waals surface area contributed by atoms with E-state index < -0.39 is 4.92 Å². The highest BCUT2D eigenvalue weighted by molar-refractivity contribution is 7.07. The molecule has 0 spiro atoms. The van der Waals surface area contributed by atoms with E-state index >= 15 is 0 Å². The van der Waals surface area contributed by atoms with Crippen LogP contribution >= 0.6 is 11.3 Å². The molecule has 1 saturated heterocycles. The summed E-state index contributed by atoms with van der Waals surface area (Å²) in [4.78, 5) is 30.3. The molecule has 0 bridgehead atoms.